The lowest BCUT2D eigenvalue weighted by Gasteiger charge is -2.27. The smallest absolute Gasteiger partial charge is 0.143 e. The van der Waals surface area contributed by atoms with E-state index in [-0.39, 0.29) is 0 Å². The van der Waals surface area contributed by atoms with E-state index in [0.29, 0.717) is 0 Å². The molecule has 0 amide bonds. The molecule has 0 N–H and O–H groups in total. The molecule has 0 spiro atoms. The van der Waals surface area contributed by atoms with Crippen LogP contribution in [0.3, 0.4) is 0 Å². The molecule has 0 atom stereocenters. The maximum Gasteiger partial charge on any atom is 0.143 e. The van der Waals surface area contributed by atoms with Crippen LogP contribution in [0.15, 0.2) is 205 Å². The molecule has 1 heterocycles. The second-order valence-electron chi connectivity index (χ2n) is 13.3. The van der Waals surface area contributed by atoms with E-state index >= 15 is 0 Å². The van der Waals surface area contributed by atoms with Crippen LogP contribution >= 0.6 is 0 Å². The van der Waals surface area contributed by atoms with Crippen LogP contribution in [0, 0.1) is 0 Å². The van der Waals surface area contributed by atoms with Gasteiger partial charge in [0.25, 0.3) is 0 Å². The number of hydrogen-bond acceptors (Lipinski definition) is 2. The van der Waals surface area contributed by atoms with Crippen LogP contribution < -0.4 is 4.90 Å². The van der Waals surface area contributed by atoms with E-state index < -0.39 is 0 Å². The normalized spacial score (nSPS) is 11.5. The Morgan fingerprint density at radius 3 is 1.62 bits per heavy atom. The summed E-state index contributed by atoms with van der Waals surface area (Å²) in [5, 5.41) is 6.81. The number of benzene rings is 9. The Morgan fingerprint density at radius 2 is 0.885 bits per heavy atom. The van der Waals surface area contributed by atoms with Gasteiger partial charge >= 0.3 is 0 Å². The third kappa shape index (κ3) is 5.04. The number of rotatable bonds is 6. The van der Waals surface area contributed by atoms with Gasteiger partial charge in [-0.3, -0.25) is 0 Å². The Kier molecular flexibility index (Phi) is 7.18. The quantitative estimate of drug-likeness (QED) is 0.176. The molecule has 0 radical (unpaired) electrons. The van der Waals surface area contributed by atoms with Crippen LogP contribution in [0.25, 0.3) is 76.9 Å². The molecule has 0 saturated heterocycles. The van der Waals surface area contributed by atoms with Crippen molar-refractivity contribution in [2.45, 2.75) is 0 Å². The lowest BCUT2D eigenvalue weighted by molar-refractivity contribution is 0.674. The van der Waals surface area contributed by atoms with Crippen LogP contribution in [-0.4, -0.2) is 0 Å². The lowest BCUT2D eigenvalue weighted by atomic mass is 9.92. The SMILES string of the molecule is c1ccc(-c2ccc(N(c3ccc4ccccc4c3)c3cc4c5ccc(-c6ccccc6)c(-c6ccccc6)c5oc4c4ccccc34)cc2)cc1. The predicted octanol–water partition coefficient (Wildman–Crippen LogP) is 14.4. The Morgan fingerprint density at radius 1 is 0.327 bits per heavy atom. The highest BCUT2D eigenvalue weighted by Crippen LogP contribution is 2.48. The van der Waals surface area contributed by atoms with Crippen molar-refractivity contribution in [1.29, 1.82) is 0 Å². The zero-order valence-electron chi connectivity index (χ0n) is 28.4. The summed E-state index contributed by atoms with van der Waals surface area (Å²) in [5.41, 5.74) is 12.0. The van der Waals surface area contributed by atoms with E-state index in [1.807, 2.05) is 0 Å². The number of anilines is 3. The Hall–Kier alpha value is -6.90. The van der Waals surface area contributed by atoms with Gasteiger partial charge in [0, 0.05) is 38.5 Å². The molecule has 10 aromatic rings. The maximum absolute atomic E-state index is 7.06. The van der Waals surface area contributed by atoms with E-state index in [4.69, 9.17) is 4.42 Å². The molecule has 0 aliphatic carbocycles. The van der Waals surface area contributed by atoms with Gasteiger partial charge in [0.2, 0.25) is 0 Å². The third-order valence-electron chi connectivity index (χ3n) is 10.2. The van der Waals surface area contributed by atoms with Crippen molar-refractivity contribution < 1.29 is 4.42 Å². The topological polar surface area (TPSA) is 16.4 Å². The van der Waals surface area contributed by atoms with Gasteiger partial charge in [0.1, 0.15) is 11.2 Å². The largest absolute Gasteiger partial charge is 0.455 e. The van der Waals surface area contributed by atoms with E-state index in [2.05, 4.69) is 205 Å². The van der Waals surface area contributed by atoms with Crippen LogP contribution in [0.5, 0.6) is 0 Å². The van der Waals surface area contributed by atoms with Crippen molar-refractivity contribution in [3.63, 3.8) is 0 Å². The van der Waals surface area contributed by atoms with Crippen molar-refractivity contribution >= 4 is 60.5 Å². The van der Waals surface area contributed by atoms with Gasteiger partial charge in [-0.1, -0.05) is 164 Å². The van der Waals surface area contributed by atoms with Crippen LogP contribution in [0.1, 0.15) is 0 Å². The minimum atomic E-state index is 0.898. The summed E-state index contributed by atoms with van der Waals surface area (Å²) in [7, 11) is 0. The number of furan rings is 1. The Bertz CT molecular complexity index is 2870. The summed E-state index contributed by atoms with van der Waals surface area (Å²) in [5.74, 6) is 0. The van der Waals surface area contributed by atoms with Gasteiger partial charge in [-0.15, -0.1) is 0 Å². The first-order chi connectivity index (χ1) is 25.8. The monoisotopic (exact) mass is 663 g/mol. The van der Waals surface area contributed by atoms with Crippen LogP contribution in [-0.2, 0) is 0 Å². The van der Waals surface area contributed by atoms with E-state index in [0.717, 1.165) is 72.0 Å². The minimum Gasteiger partial charge on any atom is -0.455 e. The van der Waals surface area contributed by atoms with Gasteiger partial charge in [-0.2, -0.15) is 0 Å². The fourth-order valence-corrected chi connectivity index (χ4v) is 7.75. The molecular weight excluding hydrogens is 631 g/mol. The minimum absolute atomic E-state index is 0.898. The second kappa shape index (κ2) is 12.5. The summed E-state index contributed by atoms with van der Waals surface area (Å²) in [6, 6.07) is 71.5. The average molecular weight is 664 g/mol. The van der Waals surface area contributed by atoms with Crippen molar-refractivity contribution in [1.82, 2.24) is 0 Å². The van der Waals surface area contributed by atoms with Gasteiger partial charge < -0.3 is 9.32 Å². The number of hydrogen-bond donors (Lipinski definition) is 0. The van der Waals surface area contributed by atoms with Crippen molar-refractivity contribution in [2.24, 2.45) is 0 Å². The van der Waals surface area contributed by atoms with Gasteiger partial charge in [0.15, 0.2) is 0 Å². The molecule has 0 unspecified atom stereocenters. The van der Waals surface area contributed by atoms with Gasteiger partial charge in [-0.25, -0.2) is 0 Å². The van der Waals surface area contributed by atoms with E-state index in [1.54, 1.807) is 0 Å². The first kappa shape index (κ1) is 30.0. The van der Waals surface area contributed by atoms with Crippen molar-refractivity contribution in [3.8, 4) is 33.4 Å². The Balaban J connectivity index is 1.26. The second-order valence-corrected chi connectivity index (χ2v) is 13.3. The summed E-state index contributed by atoms with van der Waals surface area (Å²) in [6.45, 7) is 0. The molecule has 2 nitrogen and oxygen atoms in total. The number of fused-ring (bicyclic) bond motifs is 6. The molecule has 0 aliphatic heterocycles. The molecule has 0 fully saturated rings. The van der Waals surface area contributed by atoms with E-state index in [9.17, 15) is 0 Å². The van der Waals surface area contributed by atoms with Crippen LogP contribution in [0.4, 0.5) is 17.1 Å². The van der Waals surface area contributed by atoms with Crippen molar-refractivity contribution in [2.75, 3.05) is 4.90 Å². The van der Waals surface area contributed by atoms with E-state index in [1.165, 1.54) is 21.9 Å². The average Bonchev–Trinajstić information content (AvgIpc) is 3.60. The molecule has 52 heavy (non-hydrogen) atoms. The predicted molar refractivity (Wildman–Crippen MR) is 220 cm³/mol. The first-order valence-corrected chi connectivity index (χ1v) is 17.8. The molecule has 10 rings (SSSR count). The fourth-order valence-electron chi connectivity index (χ4n) is 7.75. The highest BCUT2D eigenvalue weighted by atomic mass is 16.3. The van der Waals surface area contributed by atoms with Gasteiger partial charge in [0.05, 0.1) is 5.69 Å². The molecule has 244 valence electrons. The highest BCUT2D eigenvalue weighted by Gasteiger charge is 2.23. The molecule has 2 heteroatoms. The maximum atomic E-state index is 7.06. The zero-order valence-corrected chi connectivity index (χ0v) is 28.4. The summed E-state index contributed by atoms with van der Waals surface area (Å²) >= 11 is 0. The third-order valence-corrected chi connectivity index (χ3v) is 10.2. The van der Waals surface area contributed by atoms with Crippen molar-refractivity contribution in [3.05, 3.63) is 200 Å². The highest BCUT2D eigenvalue weighted by molar-refractivity contribution is 6.22. The summed E-state index contributed by atoms with van der Waals surface area (Å²) in [4.78, 5) is 2.40. The van der Waals surface area contributed by atoms with Crippen LogP contribution in [0.2, 0.25) is 0 Å². The molecule has 0 saturated carbocycles. The first-order valence-electron chi connectivity index (χ1n) is 17.8. The molecule has 0 aliphatic rings. The standard InChI is InChI=1S/C50H33NO/c1-4-14-34(15-5-1)36-24-27-40(28-25-36)51(41-29-26-35-16-10-11-21-39(35)32-41)47-33-46-45-31-30-42(37-17-6-2-7-18-37)48(38-19-8-3-9-20-38)50(45)52-49(46)44-23-13-12-22-43(44)47/h1-33H. The summed E-state index contributed by atoms with van der Waals surface area (Å²) < 4.78 is 7.06. The number of nitrogens with zero attached hydrogens (tertiary/aromatic N) is 1. The molecule has 0 bridgehead atoms. The molecule has 9 aromatic carbocycles. The Labute approximate surface area is 302 Å². The van der Waals surface area contributed by atoms with Gasteiger partial charge in [-0.05, 0) is 75.0 Å². The zero-order chi connectivity index (χ0) is 34.4. The molecular formula is C50H33NO. The fraction of sp³-hybridized carbons (Fsp3) is 0. The molecule has 1 aromatic heterocycles. The summed E-state index contributed by atoms with van der Waals surface area (Å²) in [6.07, 6.45) is 0. The lowest BCUT2D eigenvalue weighted by Crippen LogP contribution is -2.10.